The maximum Gasteiger partial charge on any atom is 0.337 e. The van der Waals surface area contributed by atoms with Gasteiger partial charge in [0.1, 0.15) is 0 Å². The molecule has 0 saturated heterocycles. The SMILES string of the molecule is O=C(O)c1ccc(NCc2cncs2)cc1Cl. The van der Waals surface area contributed by atoms with Crippen LogP contribution >= 0.6 is 22.9 Å². The summed E-state index contributed by atoms with van der Waals surface area (Å²) < 4.78 is 0. The number of aromatic carboxylic acids is 1. The normalized spacial score (nSPS) is 10.2. The molecule has 0 fully saturated rings. The molecular weight excluding hydrogens is 260 g/mol. The molecule has 4 nitrogen and oxygen atoms in total. The zero-order valence-corrected chi connectivity index (χ0v) is 10.3. The molecule has 2 aromatic rings. The van der Waals surface area contributed by atoms with Crippen molar-refractivity contribution in [3.05, 3.63) is 45.4 Å². The Bertz CT molecular complexity index is 528. The van der Waals surface area contributed by atoms with E-state index in [1.165, 1.54) is 6.07 Å². The van der Waals surface area contributed by atoms with E-state index in [0.717, 1.165) is 10.6 Å². The highest BCUT2D eigenvalue weighted by Crippen LogP contribution is 2.21. The fourth-order valence-corrected chi connectivity index (χ4v) is 2.11. The molecule has 0 aliphatic carbocycles. The molecule has 0 aliphatic rings. The van der Waals surface area contributed by atoms with Gasteiger partial charge in [-0.2, -0.15) is 0 Å². The number of anilines is 1. The van der Waals surface area contributed by atoms with Crippen LogP contribution in [-0.4, -0.2) is 16.1 Å². The number of nitrogens with one attached hydrogen (secondary N) is 1. The van der Waals surface area contributed by atoms with Crippen molar-refractivity contribution in [1.82, 2.24) is 4.98 Å². The van der Waals surface area contributed by atoms with Gasteiger partial charge < -0.3 is 10.4 Å². The van der Waals surface area contributed by atoms with Gasteiger partial charge in [0, 0.05) is 16.8 Å². The highest BCUT2D eigenvalue weighted by molar-refractivity contribution is 7.09. The molecule has 2 rings (SSSR count). The van der Waals surface area contributed by atoms with E-state index in [9.17, 15) is 4.79 Å². The second-order valence-corrected chi connectivity index (χ2v) is 4.70. The van der Waals surface area contributed by atoms with Crippen LogP contribution in [0.25, 0.3) is 0 Å². The summed E-state index contributed by atoms with van der Waals surface area (Å²) >= 11 is 7.41. The Balaban J connectivity index is 2.07. The third kappa shape index (κ3) is 2.95. The van der Waals surface area contributed by atoms with Crippen LogP contribution < -0.4 is 5.32 Å². The molecule has 0 bridgehead atoms. The summed E-state index contributed by atoms with van der Waals surface area (Å²) in [6.45, 7) is 0.646. The van der Waals surface area contributed by atoms with Crippen LogP contribution in [0.1, 0.15) is 15.2 Å². The Kier molecular flexibility index (Phi) is 3.61. The number of carbonyl (C=O) groups is 1. The lowest BCUT2D eigenvalue weighted by molar-refractivity contribution is 0.0697. The number of nitrogens with zero attached hydrogens (tertiary/aromatic N) is 1. The molecule has 1 aromatic carbocycles. The summed E-state index contributed by atoms with van der Waals surface area (Å²) in [6, 6.07) is 4.78. The Hall–Kier alpha value is -1.59. The van der Waals surface area contributed by atoms with Gasteiger partial charge >= 0.3 is 5.97 Å². The number of halogens is 1. The van der Waals surface area contributed by atoms with E-state index in [1.54, 1.807) is 35.2 Å². The monoisotopic (exact) mass is 268 g/mol. The number of benzene rings is 1. The van der Waals surface area contributed by atoms with Crippen LogP contribution in [0, 0.1) is 0 Å². The van der Waals surface area contributed by atoms with Crippen LogP contribution in [0.4, 0.5) is 5.69 Å². The molecule has 2 N–H and O–H groups in total. The smallest absolute Gasteiger partial charge is 0.337 e. The molecule has 0 aliphatic heterocycles. The summed E-state index contributed by atoms with van der Waals surface area (Å²) in [5.41, 5.74) is 2.65. The van der Waals surface area contributed by atoms with Gasteiger partial charge in [0.2, 0.25) is 0 Å². The molecule has 0 radical (unpaired) electrons. The van der Waals surface area contributed by atoms with Crippen molar-refractivity contribution in [3.8, 4) is 0 Å². The lowest BCUT2D eigenvalue weighted by Crippen LogP contribution is -2.00. The molecule has 6 heteroatoms. The zero-order valence-electron chi connectivity index (χ0n) is 8.68. The van der Waals surface area contributed by atoms with Crippen LogP contribution in [0.5, 0.6) is 0 Å². The van der Waals surface area contributed by atoms with Crippen molar-refractivity contribution in [2.45, 2.75) is 6.54 Å². The number of carboxylic acids is 1. The van der Waals surface area contributed by atoms with Crippen LogP contribution in [-0.2, 0) is 6.54 Å². The minimum Gasteiger partial charge on any atom is -0.478 e. The minimum atomic E-state index is -1.02. The Morgan fingerprint density at radius 3 is 2.94 bits per heavy atom. The van der Waals surface area contributed by atoms with Crippen LogP contribution in [0.15, 0.2) is 29.9 Å². The molecule has 17 heavy (non-hydrogen) atoms. The first-order valence-corrected chi connectivity index (χ1v) is 6.06. The van der Waals surface area contributed by atoms with Gasteiger partial charge in [-0.05, 0) is 18.2 Å². The minimum absolute atomic E-state index is 0.106. The van der Waals surface area contributed by atoms with Gasteiger partial charge in [-0.15, -0.1) is 11.3 Å². The topological polar surface area (TPSA) is 62.2 Å². The summed E-state index contributed by atoms with van der Waals surface area (Å²) in [5.74, 6) is -1.02. The van der Waals surface area contributed by atoms with Crippen molar-refractivity contribution < 1.29 is 9.90 Å². The van der Waals surface area contributed by atoms with Crippen molar-refractivity contribution in [1.29, 1.82) is 0 Å². The summed E-state index contributed by atoms with van der Waals surface area (Å²) in [5, 5.41) is 12.2. The van der Waals surface area contributed by atoms with Crippen molar-refractivity contribution in [3.63, 3.8) is 0 Å². The maximum absolute atomic E-state index is 10.8. The zero-order chi connectivity index (χ0) is 12.3. The molecular formula is C11H9ClN2O2S. The van der Waals surface area contributed by atoms with E-state index in [4.69, 9.17) is 16.7 Å². The van der Waals surface area contributed by atoms with E-state index in [0.29, 0.717) is 6.54 Å². The molecule has 0 atom stereocenters. The van der Waals surface area contributed by atoms with Crippen molar-refractivity contribution in [2.75, 3.05) is 5.32 Å². The van der Waals surface area contributed by atoms with Crippen molar-refractivity contribution in [2.24, 2.45) is 0 Å². The molecule has 1 heterocycles. The van der Waals surface area contributed by atoms with E-state index >= 15 is 0 Å². The average Bonchev–Trinajstić information content (AvgIpc) is 2.78. The van der Waals surface area contributed by atoms with E-state index in [2.05, 4.69) is 10.3 Å². The van der Waals surface area contributed by atoms with Gasteiger partial charge in [-0.25, -0.2) is 4.79 Å². The Morgan fingerprint density at radius 2 is 2.35 bits per heavy atom. The van der Waals surface area contributed by atoms with E-state index in [1.807, 2.05) is 0 Å². The van der Waals surface area contributed by atoms with Crippen molar-refractivity contribution >= 4 is 34.6 Å². The molecule has 0 unspecified atom stereocenters. The fourth-order valence-electron chi connectivity index (χ4n) is 1.32. The number of hydrogen-bond donors (Lipinski definition) is 2. The fraction of sp³-hybridized carbons (Fsp3) is 0.0909. The van der Waals surface area contributed by atoms with Gasteiger partial charge in [-0.1, -0.05) is 11.6 Å². The second kappa shape index (κ2) is 5.16. The predicted octanol–water partition coefficient (Wildman–Crippen LogP) is 3.11. The number of thiazole rings is 1. The molecule has 0 spiro atoms. The second-order valence-electron chi connectivity index (χ2n) is 3.32. The number of carboxylic acid groups (broad SMARTS) is 1. The predicted molar refractivity (Wildman–Crippen MR) is 67.9 cm³/mol. The lowest BCUT2D eigenvalue weighted by Gasteiger charge is -2.06. The largest absolute Gasteiger partial charge is 0.478 e. The quantitative estimate of drug-likeness (QED) is 0.894. The highest BCUT2D eigenvalue weighted by Gasteiger charge is 2.08. The summed E-state index contributed by atoms with van der Waals surface area (Å²) in [6.07, 6.45) is 1.78. The molecule has 1 aromatic heterocycles. The lowest BCUT2D eigenvalue weighted by atomic mass is 10.2. The third-order valence-corrected chi connectivity index (χ3v) is 3.24. The van der Waals surface area contributed by atoms with Gasteiger partial charge in [0.25, 0.3) is 0 Å². The molecule has 88 valence electrons. The molecule has 0 amide bonds. The van der Waals surface area contributed by atoms with Gasteiger partial charge in [0.15, 0.2) is 0 Å². The maximum atomic E-state index is 10.8. The Labute approximate surface area is 107 Å². The first-order chi connectivity index (χ1) is 8.16. The van der Waals surface area contributed by atoms with E-state index in [-0.39, 0.29) is 10.6 Å². The molecule has 0 saturated carbocycles. The average molecular weight is 269 g/mol. The number of hydrogen-bond acceptors (Lipinski definition) is 4. The summed E-state index contributed by atoms with van der Waals surface area (Å²) in [7, 11) is 0. The number of rotatable bonds is 4. The van der Waals surface area contributed by atoms with Gasteiger partial charge in [-0.3, -0.25) is 4.98 Å². The number of aromatic nitrogens is 1. The Morgan fingerprint density at radius 1 is 1.53 bits per heavy atom. The first kappa shape index (κ1) is 11.9. The third-order valence-electron chi connectivity index (χ3n) is 2.15. The highest BCUT2D eigenvalue weighted by atomic mass is 35.5. The van der Waals surface area contributed by atoms with E-state index < -0.39 is 5.97 Å². The van der Waals surface area contributed by atoms with Crippen LogP contribution in [0.2, 0.25) is 5.02 Å². The first-order valence-electron chi connectivity index (χ1n) is 4.81. The van der Waals surface area contributed by atoms with Crippen LogP contribution in [0.3, 0.4) is 0 Å². The standard InChI is InChI=1S/C11H9ClN2O2S/c12-10-3-7(1-2-9(10)11(15)16)14-5-8-4-13-6-17-8/h1-4,6,14H,5H2,(H,15,16). The van der Waals surface area contributed by atoms with Gasteiger partial charge in [0.05, 0.1) is 22.6 Å². The summed E-state index contributed by atoms with van der Waals surface area (Å²) in [4.78, 5) is 15.8.